The Labute approximate surface area is 149 Å². The maximum absolute atomic E-state index is 5.57. The number of aromatic nitrogens is 1. The first-order valence-electron chi connectivity index (χ1n) is 8.50. The number of nitrogens with zero attached hydrogens (tertiary/aromatic N) is 3. The first-order valence-corrected chi connectivity index (χ1v) is 8.91. The Balaban J connectivity index is 1.47. The first-order chi connectivity index (χ1) is 11.7. The number of hydrogen-bond acceptors (Lipinski definition) is 3. The predicted octanol–water partition coefficient (Wildman–Crippen LogP) is 3.16. The van der Waals surface area contributed by atoms with Crippen LogP contribution in [-0.4, -0.2) is 46.1 Å². The quantitative estimate of drug-likeness (QED) is 0.864. The monoisotopic (exact) mass is 340 g/mol. The number of rotatable bonds is 4. The molecule has 0 amide bonds. The van der Waals surface area contributed by atoms with E-state index in [1.54, 1.807) is 0 Å². The van der Waals surface area contributed by atoms with Gasteiger partial charge in [0.2, 0.25) is 0 Å². The summed E-state index contributed by atoms with van der Waals surface area (Å²) in [6, 6.07) is 12.6. The average molecular weight is 340 g/mol. The zero-order chi connectivity index (χ0) is 16.8. The molecule has 3 rings (SSSR count). The third-order valence-corrected chi connectivity index (χ3v) is 4.76. The van der Waals surface area contributed by atoms with E-state index in [1.807, 2.05) is 18.5 Å². The van der Waals surface area contributed by atoms with Gasteiger partial charge in [-0.05, 0) is 48.0 Å². The van der Waals surface area contributed by atoms with Crippen molar-refractivity contribution in [3.63, 3.8) is 0 Å². The van der Waals surface area contributed by atoms with E-state index in [1.165, 1.54) is 11.1 Å². The highest BCUT2D eigenvalue weighted by Crippen LogP contribution is 2.13. The molecular formula is C19H24N4S. The van der Waals surface area contributed by atoms with Crippen molar-refractivity contribution < 1.29 is 0 Å². The molecule has 2 aromatic rings. The van der Waals surface area contributed by atoms with Gasteiger partial charge < -0.3 is 10.2 Å². The highest BCUT2D eigenvalue weighted by Gasteiger charge is 2.19. The maximum atomic E-state index is 5.57. The molecule has 0 spiro atoms. The van der Waals surface area contributed by atoms with E-state index in [2.05, 4.69) is 57.4 Å². The van der Waals surface area contributed by atoms with E-state index in [0.29, 0.717) is 0 Å². The van der Waals surface area contributed by atoms with Crippen LogP contribution < -0.4 is 5.32 Å². The van der Waals surface area contributed by atoms with E-state index in [-0.39, 0.29) is 0 Å². The Kier molecular flexibility index (Phi) is 5.77. The molecule has 0 saturated carbocycles. The number of anilines is 1. The average Bonchev–Trinajstić information content (AvgIpc) is 2.64. The number of aryl methyl sites for hydroxylation is 1. The molecule has 1 saturated heterocycles. The number of nitrogens with one attached hydrogen (secondary N) is 1. The van der Waals surface area contributed by atoms with Gasteiger partial charge in [-0.1, -0.05) is 25.1 Å². The largest absolute Gasteiger partial charge is 0.346 e. The van der Waals surface area contributed by atoms with Gasteiger partial charge in [0.05, 0.1) is 0 Å². The summed E-state index contributed by atoms with van der Waals surface area (Å²) in [6.07, 6.45) is 4.82. The third kappa shape index (κ3) is 4.52. The topological polar surface area (TPSA) is 31.4 Å². The van der Waals surface area contributed by atoms with Crippen molar-refractivity contribution in [1.29, 1.82) is 0 Å². The van der Waals surface area contributed by atoms with Gasteiger partial charge >= 0.3 is 0 Å². The summed E-state index contributed by atoms with van der Waals surface area (Å²) in [4.78, 5) is 8.89. The van der Waals surface area contributed by atoms with Crippen LogP contribution in [0.1, 0.15) is 18.1 Å². The van der Waals surface area contributed by atoms with Gasteiger partial charge in [-0.25, -0.2) is 0 Å². The lowest BCUT2D eigenvalue weighted by atomic mass is 10.1. The fourth-order valence-electron chi connectivity index (χ4n) is 2.89. The standard InChI is InChI=1S/C19H24N4S/c1-2-16-5-7-18(8-6-16)21-19(24)23-12-10-22(11-13-23)15-17-4-3-9-20-14-17/h3-9,14H,2,10-13,15H2,1H3,(H,21,24). The molecule has 0 unspecified atom stereocenters. The summed E-state index contributed by atoms with van der Waals surface area (Å²) in [5.74, 6) is 0. The maximum Gasteiger partial charge on any atom is 0.173 e. The van der Waals surface area contributed by atoms with Gasteiger partial charge in [-0.3, -0.25) is 9.88 Å². The van der Waals surface area contributed by atoms with Crippen LogP contribution in [0.3, 0.4) is 0 Å². The molecular weight excluding hydrogens is 316 g/mol. The third-order valence-electron chi connectivity index (χ3n) is 4.40. The summed E-state index contributed by atoms with van der Waals surface area (Å²) in [7, 11) is 0. The lowest BCUT2D eigenvalue weighted by molar-refractivity contribution is 0.177. The number of thiocarbonyl (C=S) groups is 1. The van der Waals surface area contributed by atoms with E-state index in [9.17, 15) is 0 Å². The molecule has 1 N–H and O–H groups in total. The van der Waals surface area contributed by atoms with Gasteiger partial charge in [-0.2, -0.15) is 0 Å². The molecule has 0 aliphatic carbocycles. The van der Waals surface area contributed by atoms with E-state index >= 15 is 0 Å². The highest BCUT2D eigenvalue weighted by atomic mass is 32.1. The number of pyridine rings is 1. The van der Waals surface area contributed by atoms with Crippen LogP contribution in [0, 0.1) is 0 Å². The van der Waals surface area contributed by atoms with E-state index in [0.717, 1.165) is 49.9 Å². The fraction of sp³-hybridized carbons (Fsp3) is 0.368. The second-order valence-corrected chi connectivity index (χ2v) is 6.49. The highest BCUT2D eigenvalue weighted by molar-refractivity contribution is 7.80. The van der Waals surface area contributed by atoms with Gasteiger partial charge in [0, 0.05) is 50.8 Å². The van der Waals surface area contributed by atoms with Crippen molar-refractivity contribution in [1.82, 2.24) is 14.8 Å². The normalized spacial score (nSPS) is 15.3. The summed E-state index contributed by atoms with van der Waals surface area (Å²) in [5, 5.41) is 4.18. The van der Waals surface area contributed by atoms with E-state index < -0.39 is 0 Å². The summed E-state index contributed by atoms with van der Waals surface area (Å²) < 4.78 is 0. The Bertz CT molecular complexity index is 649. The predicted molar refractivity (Wildman–Crippen MR) is 103 cm³/mol. The summed E-state index contributed by atoms with van der Waals surface area (Å²) >= 11 is 5.57. The number of benzene rings is 1. The minimum Gasteiger partial charge on any atom is -0.346 e. The molecule has 4 nitrogen and oxygen atoms in total. The van der Waals surface area contributed by atoms with Crippen LogP contribution in [-0.2, 0) is 13.0 Å². The molecule has 1 fully saturated rings. The molecule has 0 atom stereocenters. The SMILES string of the molecule is CCc1ccc(NC(=S)N2CCN(Cc3cccnc3)CC2)cc1. The molecule has 0 bridgehead atoms. The minimum absolute atomic E-state index is 0.820. The van der Waals surface area contributed by atoms with Crippen molar-refractivity contribution in [2.24, 2.45) is 0 Å². The fourth-order valence-corrected chi connectivity index (χ4v) is 3.19. The minimum atomic E-state index is 0.820. The molecule has 24 heavy (non-hydrogen) atoms. The molecule has 2 heterocycles. The van der Waals surface area contributed by atoms with Crippen LogP contribution in [0.15, 0.2) is 48.8 Å². The van der Waals surface area contributed by atoms with Crippen molar-refractivity contribution in [3.8, 4) is 0 Å². The molecule has 0 radical (unpaired) electrons. The molecule has 1 aromatic carbocycles. The van der Waals surface area contributed by atoms with Gasteiger partial charge in [-0.15, -0.1) is 0 Å². The van der Waals surface area contributed by atoms with Crippen molar-refractivity contribution in [2.75, 3.05) is 31.5 Å². The Morgan fingerprint density at radius 3 is 2.46 bits per heavy atom. The van der Waals surface area contributed by atoms with Crippen LogP contribution in [0.25, 0.3) is 0 Å². The van der Waals surface area contributed by atoms with Gasteiger partial charge in [0.1, 0.15) is 0 Å². The van der Waals surface area contributed by atoms with Gasteiger partial charge in [0.25, 0.3) is 0 Å². The second kappa shape index (κ2) is 8.22. The summed E-state index contributed by atoms with van der Waals surface area (Å²) in [6.45, 7) is 7.08. The van der Waals surface area contributed by atoms with Crippen LogP contribution in [0.2, 0.25) is 0 Å². The Hall–Kier alpha value is -1.98. The van der Waals surface area contributed by atoms with Crippen molar-refractivity contribution >= 4 is 23.0 Å². The molecule has 126 valence electrons. The van der Waals surface area contributed by atoms with Crippen molar-refractivity contribution in [3.05, 3.63) is 59.9 Å². The zero-order valence-electron chi connectivity index (χ0n) is 14.1. The number of hydrogen-bond donors (Lipinski definition) is 1. The Morgan fingerprint density at radius 2 is 1.83 bits per heavy atom. The van der Waals surface area contributed by atoms with E-state index in [4.69, 9.17) is 12.2 Å². The zero-order valence-corrected chi connectivity index (χ0v) is 14.9. The molecule has 1 aliphatic heterocycles. The number of piperazine rings is 1. The molecule has 1 aromatic heterocycles. The molecule has 5 heteroatoms. The summed E-state index contributed by atoms with van der Waals surface area (Å²) in [5.41, 5.74) is 3.67. The smallest absolute Gasteiger partial charge is 0.173 e. The van der Waals surface area contributed by atoms with Crippen LogP contribution in [0.5, 0.6) is 0 Å². The van der Waals surface area contributed by atoms with Crippen LogP contribution >= 0.6 is 12.2 Å². The first kappa shape index (κ1) is 16.9. The Morgan fingerprint density at radius 1 is 1.08 bits per heavy atom. The lowest BCUT2D eigenvalue weighted by Gasteiger charge is -2.36. The van der Waals surface area contributed by atoms with Gasteiger partial charge in [0.15, 0.2) is 5.11 Å². The lowest BCUT2D eigenvalue weighted by Crippen LogP contribution is -2.49. The van der Waals surface area contributed by atoms with Crippen LogP contribution in [0.4, 0.5) is 5.69 Å². The second-order valence-electron chi connectivity index (χ2n) is 6.11. The molecule has 1 aliphatic rings. The van der Waals surface area contributed by atoms with Crippen molar-refractivity contribution in [2.45, 2.75) is 19.9 Å².